The van der Waals surface area contributed by atoms with Crippen LogP contribution in [0, 0.1) is 24.0 Å². The molecule has 2 aromatic carbocycles. The summed E-state index contributed by atoms with van der Waals surface area (Å²) in [5.74, 6) is 1.85. The second-order valence-electron chi connectivity index (χ2n) is 7.74. The van der Waals surface area contributed by atoms with E-state index in [1.807, 2.05) is 0 Å². The van der Waals surface area contributed by atoms with E-state index in [0.29, 0.717) is 27.5 Å². The molecular formula is C25H20F2N4O. The van der Waals surface area contributed by atoms with E-state index >= 15 is 4.39 Å². The Labute approximate surface area is 184 Å². The zero-order valence-electron chi connectivity index (χ0n) is 17.5. The van der Waals surface area contributed by atoms with Gasteiger partial charge in [0.05, 0.1) is 18.1 Å². The Morgan fingerprint density at radius 2 is 1.88 bits per heavy atom. The maximum Gasteiger partial charge on any atom is 0.318 e. The number of halogens is 2. The number of ether oxygens (including phenoxy) is 1. The Bertz CT molecular complexity index is 1390. The monoisotopic (exact) mass is 430 g/mol. The molecular weight excluding hydrogens is 410 g/mol. The van der Waals surface area contributed by atoms with Gasteiger partial charge in [-0.1, -0.05) is 30.2 Å². The van der Waals surface area contributed by atoms with Crippen molar-refractivity contribution >= 4 is 27.5 Å². The number of terminal acetylenes is 1. The van der Waals surface area contributed by atoms with E-state index in [9.17, 15) is 4.39 Å². The summed E-state index contributed by atoms with van der Waals surface area (Å²) < 4.78 is 35.6. The molecule has 32 heavy (non-hydrogen) atoms. The molecule has 160 valence electrons. The van der Waals surface area contributed by atoms with Gasteiger partial charge in [0.25, 0.3) is 0 Å². The van der Waals surface area contributed by atoms with Crippen molar-refractivity contribution in [3.63, 3.8) is 0 Å². The van der Waals surface area contributed by atoms with Crippen LogP contribution in [0.1, 0.15) is 24.8 Å². The number of nitrogens with zero attached hydrogens (tertiary/aromatic N) is 4. The molecule has 0 spiro atoms. The third-order valence-corrected chi connectivity index (χ3v) is 5.88. The average molecular weight is 430 g/mol. The lowest BCUT2D eigenvalue weighted by atomic mass is 9.96. The summed E-state index contributed by atoms with van der Waals surface area (Å²) >= 11 is 0. The average Bonchev–Trinajstić information content (AvgIpc) is 2.84. The smallest absolute Gasteiger partial charge is 0.318 e. The Morgan fingerprint density at radius 1 is 1.06 bits per heavy atom. The van der Waals surface area contributed by atoms with E-state index in [2.05, 4.69) is 25.8 Å². The van der Waals surface area contributed by atoms with Gasteiger partial charge < -0.3 is 9.64 Å². The molecule has 1 aliphatic heterocycles. The molecule has 0 bridgehead atoms. The molecule has 1 aliphatic rings. The van der Waals surface area contributed by atoms with Crippen LogP contribution in [0.25, 0.3) is 32.9 Å². The van der Waals surface area contributed by atoms with Crippen molar-refractivity contribution < 1.29 is 13.5 Å². The zero-order valence-corrected chi connectivity index (χ0v) is 17.5. The molecule has 0 aliphatic carbocycles. The van der Waals surface area contributed by atoms with Gasteiger partial charge in [-0.2, -0.15) is 9.97 Å². The van der Waals surface area contributed by atoms with Gasteiger partial charge in [-0.3, -0.25) is 4.98 Å². The zero-order chi connectivity index (χ0) is 22.2. The molecule has 5 nitrogen and oxygen atoms in total. The van der Waals surface area contributed by atoms with Crippen LogP contribution < -0.4 is 9.64 Å². The molecule has 0 saturated carbocycles. The number of fused-ring (bicyclic) bond motifs is 2. The minimum Gasteiger partial charge on any atom is -0.467 e. The van der Waals surface area contributed by atoms with Crippen molar-refractivity contribution in [1.29, 1.82) is 0 Å². The van der Waals surface area contributed by atoms with E-state index < -0.39 is 11.6 Å². The van der Waals surface area contributed by atoms with Crippen LogP contribution in [0.5, 0.6) is 6.01 Å². The molecule has 7 heteroatoms. The Morgan fingerprint density at radius 3 is 2.62 bits per heavy atom. The molecule has 4 aromatic rings. The third kappa shape index (κ3) is 3.19. The predicted octanol–water partition coefficient (Wildman–Crippen LogP) is 5.10. The summed E-state index contributed by atoms with van der Waals surface area (Å²) in [4.78, 5) is 15.3. The number of benzene rings is 2. The Kier molecular flexibility index (Phi) is 5.06. The van der Waals surface area contributed by atoms with E-state index in [4.69, 9.17) is 11.2 Å². The number of methoxy groups -OCH3 is 1. The molecule has 3 heterocycles. The van der Waals surface area contributed by atoms with Gasteiger partial charge in [-0.15, -0.1) is 6.42 Å². The van der Waals surface area contributed by atoms with Gasteiger partial charge in [-0.25, -0.2) is 8.78 Å². The van der Waals surface area contributed by atoms with Gasteiger partial charge in [0.2, 0.25) is 0 Å². The van der Waals surface area contributed by atoms with Crippen LogP contribution in [-0.4, -0.2) is 35.2 Å². The first-order valence-corrected chi connectivity index (χ1v) is 10.5. The van der Waals surface area contributed by atoms with Gasteiger partial charge >= 0.3 is 6.01 Å². The predicted molar refractivity (Wildman–Crippen MR) is 121 cm³/mol. The van der Waals surface area contributed by atoms with Crippen LogP contribution in [0.3, 0.4) is 0 Å². The highest BCUT2D eigenvalue weighted by Crippen LogP contribution is 2.36. The van der Waals surface area contributed by atoms with Gasteiger partial charge in [0.1, 0.15) is 22.8 Å². The van der Waals surface area contributed by atoms with Crippen molar-refractivity contribution in [2.45, 2.75) is 19.3 Å². The first kappa shape index (κ1) is 20.1. The SMILES string of the molecule is C#Cc1c(F)ccc2cccc(-c3ncc4c(N5CCCCC5)nc(OC)nc4c3F)c12. The highest BCUT2D eigenvalue weighted by atomic mass is 19.1. The van der Waals surface area contributed by atoms with Crippen molar-refractivity contribution in [3.8, 4) is 29.6 Å². The number of rotatable bonds is 3. The first-order valence-electron chi connectivity index (χ1n) is 10.5. The standard InChI is InChI=1S/C25H20F2N4O/c1-3-16-19(26)11-10-15-8-7-9-17(20(15)16)22-21(27)23-18(14-28-22)24(30-25(29-23)32-2)31-12-5-4-6-13-31/h1,7-11,14H,4-6,12-13H2,2H3. The van der Waals surface area contributed by atoms with Crippen molar-refractivity contribution in [2.24, 2.45) is 0 Å². The lowest BCUT2D eigenvalue weighted by molar-refractivity contribution is 0.381. The Hall–Kier alpha value is -3.79. The number of aromatic nitrogens is 3. The lowest BCUT2D eigenvalue weighted by Gasteiger charge is -2.28. The molecule has 5 rings (SSSR count). The molecule has 2 aromatic heterocycles. The highest BCUT2D eigenvalue weighted by Gasteiger charge is 2.23. The third-order valence-electron chi connectivity index (χ3n) is 5.88. The van der Waals surface area contributed by atoms with E-state index in [1.165, 1.54) is 13.2 Å². The van der Waals surface area contributed by atoms with Crippen LogP contribution in [0.4, 0.5) is 14.6 Å². The van der Waals surface area contributed by atoms with Crippen LogP contribution in [0.2, 0.25) is 0 Å². The second-order valence-corrected chi connectivity index (χ2v) is 7.74. The number of hydrogen-bond donors (Lipinski definition) is 0. The van der Waals surface area contributed by atoms with Gasteiger partial charge in [0, 0.05) is 30.2 Å². The quantitative estimate of drug-likeness (QED) is 0.423. The molecule has 0 radical (unpaired) electrons. The summed E-state index contributed by atoms with van der Waals surface area (Å²) in [6.45, 7) is 1.65. The molecule has 0 atom stereocenters. The van der Waals surface area contributed by atoms with Crippen LogP contribution in [-0.2, 0) is 0 Å². The lowest BCUT2D eigenvalue weighted by Crippen LogP contribution is -2.30. The first-order chi connectivity index (χ1) is 15.6. The minimum atomic E-state index is -0.624. The van der Waals surface area contributed by atoms with Crippen molar-refractivity contribution in [3.05, 3.63) is 53.7 Å². The normalized spacial score (nSPS) is 14.0. The fourth-order valence-corrected chi connectivity index (χ4v) is 4.34. The van der Waals surface area contributed by atoms with Crippen molar-refractivity contribution in [1.82, 2.24) is 15.0 Å². The van der Waals surface area contributed by atoms with Gasteiger partial charge in [0.15, 0.2) is 5.82 Å². The molecule has 1 saturated heterocycles. The van der Waals surface area contributed by atoms with Crippen LogP contribution in [0.15, 0.2) is 36.5 Å². The van der Waals surface area contributed by atoms with E-state index in [0.717, 1.165) is 32.4 Å². The van der Waals surface area contributed by atoms with Gasteiger partial charge in [-0.05, 0) is 30.7 Å². The summed E-state index contributed by atoms with van der Waals surface area (Å²) in [6, 6.07) is 8.27. The summed E-state index contributed by atoms with van der Waals surface area (Å²) in [5, 5.41) is 1.66. The molecule has 0 amide bonds. The molecule has 0 unspecified atom stereocenters. The number of pyridine rings is 1. The highest BCUT2D eigenvalue weighted by molar-refractivity contribution is 6.02. The largest absolute Gasteiger partial charge is 0.467 e. The van der Waals surface area contributed by atoms with E-state index in [-0.39, 0.29) is 22.8 Å². The summed E-state index contributed by atoms with van der Waals surface area (Å²) in [7, 11) is 1.45. The number of piperidine rings is 1. The van der Waals surface area contributed by atoms with Crippen molar-refractivity contribution in [2.75, 3.05) is 25.1 Å². The number of anilines is 1. The molecule has 1 fully saturated rings. The maximum absolute atomic E-state index is 15.9. The molecule has 0 N–H and O–H groups in total. The van der Waals surface area contributed by atoms with Crippen LogP contribution >= 0.6 is 0 Å². The topological polar surface area (TPSA) is 51.1 Å². The fraction of sp³-hybridized carbons (Fsp3) is 0.240. The Balaban J connectivity index is 1.78. The summed E-state index contributed by atoms with van der Waals surface area (Å²) in [5.41, 5.74) is 0.647. The minimum absolute atomic E-state index is 0.0514. The number of hydrogen-bond acceptors (Lipinski definition) is 5. The maximum atomic E-state index is 15.9. The summed E-state index contributed by atoms with van der Waals surface area (Å²) in [6.07, 6.45) is 10.4. The fourth-order valence-electron chi connectivity index (χ4n) is 4.34. The van der Waals surface area contributed by atoms with E-state index in [1.54, 1.807) is 30.5 Å². The second kappa shape index (κ2) is 8.04.